The number of carbonyl (C=O) groups is 4. The van der Waals surface area contributed by atoms with Crippen molar-refractivity contribution in [2.45, 2.75) is 31.8 Å². The molecule has 4 amide bonds. The average Bonchev–Trinajstić information content (AvgIpc) is 3.09. The highest BCUT2D eigenvalue weighted by Gasteiger charge is 2.52. The highest BCUT2D eigenvalue weighted by Crippen LogP contribution is 2.43. The zero-order valence-corrected chi connectivity index (χ0v) is 19.1. The summed E-state index contributed by atoms with van der Waals surface area (Å²) in [5.41, 5.74) is 0.878. The van der Waals surface area contributed by atoms with Gasteiger partial charge in [-0.15, -0.1) is 0 Å². The number of carbonyl (C=O) groups excluding carboxylic acids is 4. The van der Waals surface area contributed by atoms with Crippen LogP contribution in [0.1, 0.15) is 36.5 Å². The Morgan fingerprint density at radius 3 is 2.56 bits per heavy atom. The molecule has 2 heterocycles. The number of fused-ring (bicyclic) bond motifs is 3. The number of benzene rings is 2. The molecule has 0 spiro atoms. The average molecular weight is 499 g/mol. The minimum atomic E-state index is -0.806. The molecule has 4 rings (SSSR count). The molecule has 2 aliphatic rings. The van der Waals surface area contributed by atoms with Crippen LogP contribution in [0.15, 0.2) is 53.0 Å². The Hall–Kier alpha value is -3.20. The van der Waals surface area contributed by atoms with Crippen molar-refractivity contribution in [3.8, 4) is 0 Å². The van der Waals surface area contributed by atoms with Crippen LogP contribution in [0.2, 0.25) is 0 Å². The van der Waals surface area contributed by atoms with Crippen LogP contribution in [-0.2, 0) is 14.4 Å². The molecule has 1 fully saturated rings. The molecule has 0 radical (unpaired) electrons. The van der Waals surface area contributed by atoms with E-state index in [0.29, 0.717) is 29.8 Å². The molecule has 0 aliphatic carbocycles. The van der Waals surface area contributed by atoms with Crippen LogP contribution >= 0.6 is 15.9 Å². The van der Waals surface area contributed by atoms with Crippen molar-refractivity contribution in [2.24, 2.45) is 0 Å². The lowest BCUT2D eigenvalue weighted by atomic mass is 9.98. The van der Waals surface area contributed by atoms with Gasteiger partial charge in [0.25, 0.3) is 5.91 Å². The highest BCUT2D eigenvalue weighted by atomic mass is 79.9. The summed E-state index contributed by atoms with van der Waals surface area (Å²) in [7, 11) is 0. The van der Waals surface area contributed by atoms with E-state index in [0.717, 1.165) is 4.47 Å². The lowest BCUT2D eigenvalue weighted by Gasteiger charge is -2.48. The quantitative estimate of drug-likeness (QED) is 0.639. The molecule has 2 N–H and O–H groups in total. The van der Waals surface area contributed by atoms with Crippen molar-refractivity contribution in [2.75, 3.05) is 23.3 Å². The monoisotopic (exact) mass is 498 g/mol. The second-order valence-electron chi connectivity index (χ2n) is 7.97. The summed E-state index contributed by atoms with van der Waals surface area (Å²) in [5, 5.41) is 5.31. The smallest absolute Gasteiger partial charge is 0.257 e. The van der Waals surface area contributed by atoms with Crippen molar-refractivity contribution in [3.63, 3.8) is 0 Å². The van der Waals surface area contributed by atoms with E-state index in [1.165, 1.54) is 0 Å². The van der Waals surface area contributed by atoms with Gasteiger partial charge < -0.3 is 15.5 Å². The second-order valence-corrected chi connectivity index (χ2v) is 8.83. The Labute approximate surface area is 194 Å². The summed E-state index contributed by atoms with van der Waals surface area (Å²) >= 11 is 3.36. The summed E-state index contributed by atoms with van der Waals surface area (Å²) < 4.78 is 0.743. The Kier molecular flexibility index (Phi) is 6.01. The van der Waals surface area contributed by atoms with Crippen LogP contribution in [0.4, 0.5) is 11.4 Å². The van der Waals surface area contributed by atoms with Gasteiger partial charge in [0, 0.05) is 23.9 Å². The Morgan fingerprint density at radius 2 is 1.78 bits per heavy atom. The van der Waals surface area contributed by atoms with Gasteiger partial charge in [0.2, 0.25) is 17.7 Å². The van der Waals surface area contributed by atoms with Crippen molar-refractivity contribution in [1.82, 2.24) is 10.2 Å². The molecular formula is C23H23BrN4O4. The molecule has 166 valence electrons. The predicted molar refractivity (Wildman–Crippen MR) is 123 cm³/mol. The number of hydrogen-bond donors (Lipinski definition) is 2. The van der Waals surface area contributed by atoms with E-state index in [4.69, 9.17) is 0 Å². The topological polar surface area (TPSA) is 98.8 Å². The molecule has 1 atom stereocenters. The maximum absolute atomic E-state index is 13.2. The number of halogens is 1. The number of hydrogen-bond acceptors (Lipinski definition) is 4. The summed E-state index contributed by atoms with van der Waals surface area (Å²) in [5.74, 6) is -0.940. The third kappa shape index (κ3) is 4.00. The molecule has 0 bridgehead atoms. The van der Waals surface area contributed by atoms with E-state index in [9.17, 15) is 19.2 Å². The van der Waals surface area contributed by atoms with Crippen LogP contribution in [0, 0.1) is 0 Å². The molecule has 0 saturated carbocycles. The van der Waals surface area contributed by atoms with Gasteiger partial charge in [-0.3, -0.25) is 24.1 Å². The first-order valence-corrected chi connectivity index (χ1v) is 11.2. The Morgan fingerprint density at radius 1 is 1.06 bits per heavy atom. The van der Waals surface area contributed by atoms with Gasteiger partial charge in [-0.05, 0) is 53.5 Å². The molecular weight excluding hydrogens is 476 g/mol. The molecule has 32 heavy (non-hydrogen) atoms. The summed E-state index contributed by atoms with van der Waals surface area (Å²) in [6.07, 6.45) is 0.867. The van der Waals surface area contributed by atoms with Gasteiger partial charge in [0.1, 0.15) is 5.66 Å². The van der Waals surface area contributed by atoms with Gasteiger partial charge in [0.15, 0.2) is 0 Å². The van der Waals surface area contributed by atoms with Crippen LogP contribution in [0.5, 0.6) is 0 Å². The second kappa shape index (κ2) is 8.74. The fraction of sp³-hybridized carbons (Fsp3) is 0.304. The summed E-state index contributed by atoms with van der Waals surface area (Å²) in [6.45, 7) is 1.82. The van der Waals surface area contributed by atoms with E-state index in [-0.39, 0.29) is 43.1 Å². The molecule has 1 saturated heterocycles. The number of rotatable bonds is 6. The third-order valence-corrected chi connectivity index (χ3v) is 6.59. The Bertz CT molecular complexity index is 1100. The predicted octanol–water partition coefficient (Wildman–Crippen LogP) is 2.89. The minimum absolute atomic E-state index is 0.0217. The lowest BCUT2D eigenvalue weighted by molar-refractivity contribution is -0.124. The minimum Gasteiger partial charge on any atom is -0.347 e. The van der Waals surface area contributed by atoms with Crippen LogP contribution < -0.4 is 15.5 Å². The molecule has 9 heteroatoms. The maximum atomic E-state index is 13.2. The van der Waals surface area contributed by atoms with E-state index in [1.54, 1.807) is 52.3 Å². The normalized spacial score (nSPS) is 19.4. The number of amides is 4. The molecule has 0 aromatic heterocycles. The number of nitrogens with one attached hydrogen (secondary N) is 2. The van der Waals surface area contributed by atoms with E-state index < -0.39 is 5.66 Å². The molecule has 2 aromatic carbocycles. The molecule has 2 aliphatic heterocycles. The fourth-order valence-electron chi connectivity index (χ4n) is 4.28. The maximum Gasteiger partial charge on any atom is 0.257 e. The molecule has 8 nitrogen and oxygen atoms in total. The largest absolute Gasteiger partial charge is 0.347 e. The van der Waals surface area contributed by atoms with Crippen LogP contribution in [-0.4, -0.2) is 47.3 Å². The zero-order chi connectivity index (χ0) is 22.9. The van der Waals surface area contributed by atoms with Gasteiger partial charge in [-0.2, -0.15) is 0 Å². The fourth-order valence-corrected chi connectivity index (χ4v) is 4.66. The van der Waals surface area contributed by atoms with Gasteiger partial charge in [0.05, 0.1) is 23.5 Å². The van der Waals surface area contributed by atoms with Gasteiger partial charge in [-0.25, -0.2) is 0 Å². The van der Waals surface area contributed by atoms with Crippen LogP contribution in [0.3, 0.4) is 0 Å². The van der Waals surface area contributed by atoms with E-state index in [1.807, 2.05) is 13.0 Å². The van der Waals surface area contributed by atoms with Crippen molar-refractivity contribution >= 4 is 50.9 Å². The van der Waals surface area contributed by atoms with Gasteiger partial charge in [-0.1, -0.05) is 24.3 Å². The SMILES string of the molecule is CC12CCC(=O)N1c1ccccc1C(=O)N2CCC(=O)NCC(=O)Nc1ccccc1Br. The first-order chi connectivity index (χ1) is 15.3. The third-order valence-electron chi connectivity index (χ3n) is 5.90. The summed E-state index contributed by atoms with van der Waals surface area (Å²) in [4.78, 5) is 53.6. The summed E-state index contributed by atoms with van der Waals surface area (Å²) in [6, 6.07) is 14.2. The highest BCUT2D eigenvalue weighted by molar-refractivity contribution is 9.10. The van der Waals surface area contributed by atoms with Crippen LogP contribution in [0.25, 0.3) is 0 Å². The molecule has 1 unspecified atom stereocenters. The van der Waals surface area contributed by atoms with E-state index >= 15 is 0 Å². The van der Waals surface area contributed by atoms with Crippen molar-refractivity contribution in [3.05, 3.63) is 58.6 Å². The number of anilines is 2. The van der Waals surface area contributed by atoms with Crippen molar-refractivity contribution in [1.29, 1.82) is 0 Å². The first kappa shape index (κ1) is 22.0. The number of para-hydroxylation sites is 2. The van der Waals surface area contributed by atoms with Gasteiger partial charge >= 0.3 is 0 Å². The first-order valence-electron chi connectivity index (χ1n) is 10.4. The Balaban J connectivity index is 1.38. The standard InChI is InChI=1S/C23H23BrN4O4/c1-23-12-10-21(31)28(23)18-9-5-2-6-15(18)22(32)27(23)13-11-19(29)25-14-20(30)26-17-8-4-3-7-16(17)24/h2-9H,10-14H2,1H3,(H,25,29)(H,26,30). The number of nitrogens with zero attached hydrogens (tertiary/aromatic N) is 2. The molecule has 2 aromatic rings. The van der Waals surface area contributed by atoms with Crippen molar-refractivity contribution < 1.29 is 19.2 Å². The zero-order valence-electron chi connectivity index (χ0n) is 17.6. The van der Waals surface area contributed by atoms with E-state index in [2.05, 4.69) is 26.6 Å². The lowest BCUT2D eigenvalue weighted by Crippen LogP contribution is -2.62.